The molecule has 5 nitrogen and oxygen atoms in total. The number of primary amides is 1. The molecule has 0 atom stereocenters. The number of amides is 2. The van der Waals surface area contributed by atoms with E-state index in [4.69, 9.17) is 10.5 Å². The van der Waals surface area contributed by atoms with Gasteiger partial charge in [0.2, 0.25) is 0 Å². The summed E-state index contributed by atoms with van der Waals surface area (Å²) in [6.07, 6.45) is 0.666. The summed E-state index contributed by atoms with van der Waals surface area (Å²) in [7, 11) is 3.16. The van der Waals surface area contributed by atoms with Gasteiger partial charge in [0.25, 0.3) is 0 Å². The lowest BCUT2D eigenvalue weighted by atomic mass is 10.1. The zero-order chi connectivity index (χ0) is 12.8. The molecular weight excluding hydrogens is 220 g/mol. The highest BCUT2D eigenvalue weighted by atomic mass is 16.5. The van der Waals surface area contributed by atoms with Gasteiger partial charge in [0.1, 0.15) is 5.75 Å². The van der Waals surface area contributed by atoms with Crippen molar-refractivity contribution >= 4 is 11.8 Å². The van der Waals surface area contributed by atoms with Crippen molar-refractivity contribution < 1.29 is 14.3 Å². The van der Waals surface area contributed by atoms with E-state index in [-0.39, 0.29) is 0 Å². The Morgan fingerprint density at radius 1 is 1.29 bits per heavy atom. The number of ether oxygens (including phenoxy) is 1. The first-order chi connectivity index (χ1) is 8.04. The summed E-state index contributed by atoms with van der Waals surface area (Å²) in [5.41, 5.74) is 5.96. The monoisotopic (exact) mass is 236 g/mol. The second-order valence-electron chi connectivity index (χ2n) is 3.69. The van der Waals surface area contributed by atoms with Crippen molar-refractivity contribution in [2.45, 2.75) is 6.42 Å². The highest BCUT2D eigenvalue weighted by Gasteiger charge is 2.14. The summed E-state index contributed by atoms with van der Waals surface area (Å²) in [5, 5.41) is 0. The number of methoxy groups -OCH3 is 1. The standard InChI is InChI=1S/C12H16N2O3/c1-14(12(16)11(13)15)8-7-9-3-5-10(17-2)6-4-9/h3-6H,7-8H2,1-2H3,(H2,13,15). The average molecular weight is 236 g/mol. The van der Waals surface area contributed by atoms with Crippen LogP contribution in [-0.2, 0) is 16.0 Å². The second-order valence-corrected chi connectivity index (χ2v) is 3.69. The maximum absolute atomic E-state index is 11.2. The summed E-state index contributed by atoms with van der Waals surface area (Å²) in [6.45, 7) is 0.452. The molecule has 0 saturated carbocycles. The van der Waals surface area contributed by atoms with Crippen LogP contribution in [0.25, 0.3) is 0 Å². The number of benzene rings is 1. The smallest absolute Gasteiger partial charge is 0.311 e. The largest absolute Gasteiger partial charge is 0.497 e. The lowest BCUT2D eigenvalue weighted by Crippen LogP contribution is -2.38. The van der Waals surface area contributed by atoms with Crippen molar-refractivity contribution in [2.75, 3.05) is 20.7 Å². The Morgan fingerprint density at radius 3 is 2.35 bits per heavy atom. The van der Waals surface area contributed by atoms with E-state index < -0.39 is 11.8 Å². The van der Waals surface area contributed by atoms with Gasteiger partial charge in [0.15, 0.2) is 0 Å². The van der Waals surface area contributed by atoms with Crippen molar-refractivity contribution in [3.8, 4) is 5.75 Å². The molecule has 0 saturated heterocycles. The van der Waals surface area contributed by atoms with Crippen LogP contribution in [0.4, 0.5) is 0 Å². The molecule has 92 valence electrons. The van der Waals surface area contributed by atoms with Gasteiger partial charge in [-0.05, 0) is 24.1 Å². The molecule has 0 heterocycles. The molecule has 1 aromatic carbocycles. The molecule has 2 amide bonds. The highest BCUT2D eigenvalue weighted by molar-refractivity contribution is 6.34. The molecule has 0 aliphatic carbocycles. The lowest BCUT2D eigenvalue weighted by Gasteiger charge is -2.14. The Kier molecular flexibility index (Phi) is 4.51. The van der Waals surface area contributed by atoms with Gasteiger partial charge in [-0.25, -0.2) is 0 Å². The summed E-state index contributed by atoms with van der Waals surface area (Å²) >= 11 is 0. The van der Waals surface area contributed by atoms with Crippen LogP contribution >= 0.6 is 0 Å². The first kappa shape index (κ1) is 13.0. The second kappa shape index (κ2) is 5.89. The molecular formula is C12H16N2O3. The maximum Gasteiger partial charge on any atom is 0.311 e. The van der Waals surface area contributed by atoms with Crippen LogP contribution in [0.2, 0.25) is 0 Å². The number of hydrogen-bond acceptors (Lipinski definition) is 3. The number of likely N-dealkylation sites (N-methyl/N-ethyl adjacent to an activating group) is 1. The minimum Gasteiger partial charge on any atom is -0.497 e. The lowest BCUT2D eigenvalue weighted by molar-refractivity contribution is -0.143. The van der Waals surface area contributed by atoms with E-state index >= 15 is 0 Å². The molecule has 1 rings (SSSR count). The van der Waals surface area contributed by atoms with Crippen LogP contribution in [-0.4, -0.2) is 37.4 Å². The van der Waals surface area contributed by atoms with Gasteiger partial charge in [0, 0.05) is 13.6 Å². The van der Waals surface area contributed by atoms with Crippen molar-refractivity contribution in [2.24, 2.45) is 5.73 Å². The van der Waals surface area contributed by atoms with E-state index in [2.05, 4.69) is 0 Å². The quantitative estimate of drug-likeness (QED) is 0.758. The summed E-state index contributed by atoms with van der Waals surface area (Å²) in [6, 6.07) is 7.54. The van der Waals surface area contributed by atoms with Crippen molar-refractivity contribution in [1.82, 2.24) is 4.90 Å². The fourth-order valence-corrected chi connectivity index (χ4v) is 1.38. The van der Waals surface area contributed by atoms with Gasteiger partial charge in [-0.1, -0.05) is 12.1 Å². The highest BCUT2D eigenvalue weighted by Crippen LogP contribution is 2.11. The van der Waals surface area contributed by atoms with Crippen LogP contribution in [0.5, 0.6) is 5.75 Å². The molecule has 0 bridgehead atoms. The molecule has 1 aromatic rings. The number of nitrogens with two attached hydrogens (primary N) is 1. The molecule has 0 aromatic heterocycles. The van der Waals surface area contributed by atoms with Gasteiger partial charge >= 0.3 is 11.8 Å². The van der Waals surface area contributed by atoms with Crippen LogP contribution < -0.4 is 10.5 Å². The molecule has 0 spiro atoms. The Bertz CT molecular complexity index is 401. The molecule has 0 fully saturated rings. The van der Waals surface area contributed by atoms with Gasteiger partial charge in [-0.3, -0.25) is 9.59 Å². The zero-order valence-electron chi connectivity index (χ0n) is 9.97. The van der Waals surface area contributed by atoms with E-state index in [9.17, 15) is 9.59 Å². The Hall–Kier alpha value is -2.04. The predicted octanol–water partition coefficient (Wildman–Crippen LogP) is 0.181. The number of rotatable bonds is 4. The molecule has 0 aliphatic heterocycles. The summed E-state index contributed by atoms with van der Waals surface area (Å²) in [5.74, 6) is -0.809. The molecule has 0 radical (unpaired) electrons. The molecule has 0 aliphatic rings. The van der Waals surface area contributed by atoms with Gasteiger partial charge in [-0.15, -0.1) is 0 Å². The number of carbonyl (C=O) groups excluding carboxylic acids is 2. The predicted molar refractivity (Wildman–Crippen MR) is 63.5 cm³/mol. The fourth-order valence-electron chi connectivity index (χ4n) is 1.38. The fraction of sp³-hybridized carbons (Fsp3) is 0.333. The molecule has 0 unspecified atom stereocenters. The first-order valence-corrected chi connectivity index (χ1v) is 5.22. The van der Waals surface area contributed by atoms with Gasteiger partial charge in [0.05, 0.1) is 7.11 Å². The third-order valence-corrected chi connectivity index (χ3v) is 2.45. The summed E-state index contributed by atoms with van der Waals surface area (Å²) < 4.78 is 5.04. The third-order valence-electron chi connectivity index (χ3n) is 2.45. The topological polar surface area (TPSA) is 72.6 Å². The minimum atomic E-state index is -0.928. The normalized spacial score (nSPS) is 9.76. The van der Waals surface area contributed by atoms with E-state index in [0.717, 1.165) is 11.3 Å². The van der Waals surface area contributed by atoms with Crippen LogP contribution in [0, 0.1) is 0 Å². The van der Waals surface area contributed by atoms with Crippen molar-refractivity contribution in [3.05, 3.63) is 29.8 Å². The van der Waals surface area contributed by atoms with Crippen molar-refractivity contribution in [3.63, 3.8) is 0 Å². The Labute approximate surface area is 100 Å². The molecule has 5 heteroatoms. The molecule has 2 N–H and O–H groups in total. The Balaban J connectivity index is 2.49. The minimum absolute atomic E-state index is 0.452. The SMILES string of the molecule is COc1ccc(CCN(C)C(=O)C(N)=O)cc1. The van der Waals surface area contributed by atoms with Crippen LogP contribution in [0.15, 0.2) is 24.3 Å². The van der Waals surface area contributed by atoms with E-state index in [1.165, 1.54) is 4.90 Å². The number of carbonyl (C=O) groups is 2. The number of nitrogens with zero attached hydrogens (tertiary/aromatic N) is 1. The van der Waals surface area contributed by atoms with E-state index in [1.807, 2.05) is 24.3 Å². The third kappa shape index (κ3) is 3.79. The van der Waals surface area contributed by atoms with Gasteiger partial charge < -0.3 is 15.4 Å². The Morgan fingerprint density at radius 2 is 1.88 bits per heavy atom. The van der Waals surface area contributed by atoms with Crippen LogP contribution in [0.3, 0.4) is 0 Å². The van der Waals surface area contributed by atoms with E-state index in [0.29, 0.717) is 13.0 Å². The first-order valence-electron chi connectivity index (χ1n) is 5.22. The van der Waals surface area contributed by atoms with Crippen LogP contribution in [0.1, 0.15) is 5.56 Å². The molecule has 17 heavy (non-hydrogen) atoms. The summed E-state index contributed by atoms with van der Waals surface area (Å²) in [4.78, 5) is 23.2. The van der Waals surface area contributed by atoms with E-state index in [1.54, 1.807) is 14.2 Å². The van der Waals surface area contributed by atoms with Gasteiger partial charge in [-0.2, -0.15) is 0 Å². The zero-order valence-corrected chi connectivity index (χ0v) is 9.97. The number of hydrogen-bond donors (Lipinski definition) is 1. The average Bonchev–Trinajstić information content (AvgIpc) is 2.35. The maximum atomic E-state index is 11.2. The van der Waals surface area contributed by atoms with Crippen molar-refractivity contribution in [1.29, 1.82) is 0 Å².